The quantitative estimate of drug-likeness (QED) is 0.842. The molecule has 0 bridgehead atoms. The van der Waals surface area contributed by atoms with Crippen molar-refractivity contribution in [2.75, 3.05) is 16.6 Å². The molecule has 0 aromatic heterocycles. The molecule has 126 valence electrons. The molecular formula is C17H18N2O4S. The predicted octanol–water partition coefficient (Wildman–Crippen LogP) is 2.77. The van der Waals surface area contributed by atoms with Crippen LogP contribution in [0.15, 0.2) is 47.4 Å². The van der Waals surface area contributed by atoms with Crippen molar-refractivity contribution in [3.63, 3.8) is 0 Å². The monoisotopic (exact) mass is 346 g/mol. The van der Waals surface area contributed by atoms with Crippen LogP contribution in [-0.4, -0.2) is 20.9 Å². The van der Waals surface area contributed by atoms with E-state index in [2.05, 4.69) is 10.0 Å². The van der Waals surface area contributed by atoms with Crippen LogP contribution in [0.5, 0.6) is 5.75 Å². The molecule has 2 N–H and O–H groups in total. The summed E-state index contributed by atoms with van der Waals surface area (Å²) >= 11 is 0. The van der Waals surface area contributed by atoms with Crippen LogP contribution in [0.2, 0.25) is 0 Å². The molecular weight excluding hydrogens is 328 g/mol. The third-order valence-electron chi connectivity index (χ3n) is 3.59. The first-order valence-corrected chi connectivity index (χ1v) is 9.15. The van der Waals surface area contributed by atoms with E-state index in [0.29, 0.717) is 29.3 Å². The Morgan fingerprint density at radius 1 is 1.17 bits per heavy atom. The van der Waals surface area contributed by atoms with Gasteiger partial charge in [0, 0.05) is 11.4 Å². The zero-order chi connectivity index (χ0) is 17.2. The molecule has 3 rings (SSSR count). The van der Waals surface area contributed by atoms with Crippen molar-refractivity contribution in [3.05, 3.63) is 48.0 Å². The number of rotatable bonds is 6. The highest BCUT2D eigenvalue weighted by atomic mass is 32.2. The average Bonchev–Trinajstić information content (AvgIpc) is 2.93. The summed E-state index contributed by atoms with van der Waals surface area (Å²) in [6, 6.07) is 11.4. The molecule has 1 heterocycles. The van der Waals surface area contributed by atoms with Gasteiger partial charge >= 0.3 is 0 Å². The average molecular weight is 346 g/mol. The molecule has 0 atom stereocenters. The second-order valence-electron chi connectivity index (χ2n) is 5.52. The maximum absolute atomic E-state index is 12.5. The zero-order valence-corrected chi connectivity index (χ0v) is 14.0. The summed E-state index contributed by atoms with van der Waals surface area (Å²) in [7, 11) is -3.71. The first kappa shape index (κ1) is 16.3. The van der Waals surface area contributed by atoms with E-state index in [1.54, 1.807) is 30.3 Å². The Balaban J connectivity index is 1.77. The highest BCUT2D eigenvalue weighted by Gasteiger charge is 2.21. The molecule has 1 aliphatic heterocycles. The minimum atomic E-state index is -3.71. The van der Waals surface area contributed by atoms with E-state index >= 15 is 0 Å². The molecule has 0 saturated heterocycles. The zero-order valence-electron chi connectivity index (χ0n) is 13.2. The van der Waals surface area contributed by atoms with Crippen LogP contribution in [0, 0.1) is 0 Å². The standard InChI is InChI=1S/C17H18N2O4S/c1-2-9-23-14-5-3-13(4-6-14)19-24(21,22)15-7-8-16-12(10-15)11-17(20)18-16/h3-8,10,19H,2,9,11H2,1H3,(H,18,20). The number of nitrogens with one attached hydrogen (secondary N) is 2. The van der Waals surface area contributed by atoms with Crippen molar-refractivity contribution < 1.29 is 17.9 Å². The molecule has 1 amide bonds. The summed E-state index contributed by atoms with van der Waals surface area (Å²) in [6.07, 6.45) is 1.10. The van der Waals surface area contributed by atoms with Gasteiger partial charge < -0.3 is 10.1 Å². The van der Waals surface area contributed by atoms with Crippen molar-refractivity contribution in [1.29, 1.82) is 0 Å². The van der Waals surface area contributed by atoms with Gasteiger partial charge in [-0.15, -0.1) is 0 Å². The van der Waals surface area contributed by atoms with Crippen molar-refractivity contribution in [3.8, 4) is 5.75 Å². The first-order valence-electron chi connectivity index (χ1n) is 7.66. The molecule has 0 radical (unpaired) electrons. The van der Waals surface area contributed by atoms with Crippen LogP contribution in [0.1, 0.15) is 18.9 Å². The normalized spacial score (nSPS) is 13.3. The SMILES string of the molecule is CCCOc1ccc(NS(=O)(=O)c2ccc3c(c2)CC(=O)N3)cc1. The van der Waals surface area contributed by atoms with Gasteiger partial charge in [0.2, 0.25) is 5.91 Å². The van der Waals surface area contributed by atoms with E-state index in [-0.39, 0.29) is 17.2 Å². The fraction of sp³-hybridized carbons (Fsp3) is 0.235. The summed E-state index contributed by atoms with van der Waals surface area (Å²) < 4.78 is 33.0. The highest BCUT2D eigenvalue weighted by molar-refractivity contribution is 7.92. The second kappa shape index (κ2) is 6.52. The largest absolute Gasteiger partial charge is 0.494 e. The summed E-state index contributed by atoms with van der Waals surface area (Å²) in [5.41, 5.74) is 1.80. The van der Waals surface area contributed by atoms with E-state index in [4.69, 9.17) is 4.74 Å². The summed E-state index contributed by atoms with van der Waals surface area (Å²) in [5.74, 6) is 0.567. The number of carbonyl (C=O) groups is 1. The van der Waals surface area contributed by atoms with Crippen LogP contribution >= 0.6 is 0 Å². The molecule has 24 heavy (non-hydrogen) atoms. The van der Waals surface area contributed by atoms with Crippen molar-refractivity contribution in [1.82, 2.24) is 0 Å². The highest BCUT2D eigenvalue weighted by Crippen LogP contribution is 2.27. The van der Waals surface area contributed by atoms with Crippen molar-refractivity contribution >= 4 is 27.3 Å². The third kappa shape index (κ3) is 3.51. The lowest BCUT2D eigenvalue weighted by atomic mass is 10.2. The van der Waals surface area contributed by atoms with Crippen LogP contribution in [0.25, 0.3) is 0 Å². The number of hydrogen-bond donors (Lipinski definition) is 2. The van der Waals surface area contributed by atoms with Gasteiger partial charge in [0.05, 0.1) is 17.9 Å². The van der Waals surface area contributed by atoms with E-state index in [9.17, 15) is 13.2 Å². The van der Waals surface area contributed by atoms with Gasteiger partial charge in [0.15, 0.2) is 0 Å². The van der Waals surface area contributed by atoms with Crippen LogP contribution < -0.4 is 14.8 Å². The Morgan fingerprint density at radius 3 is 2.62 bits per heavy atom. The van der Waals surface area contributed by atoms with Gasteiger partial charge in [-0.1, -0.05) is 6.92 Å². The van der Waals surface area contributed by atoms with E-state index in [1.165, 1.54) is 12.1 Å². The van der Waals surface area contributed by atoms with Gasteiger partial charge in [-0.05, 0) is 54.4 Å². The van der Waals surface area contributed by atoms with Crippen LogP contribution in [0.4, 0.5) is 11.4 Å². The van der Waals surface area contributed by atoms with Crippen LogP contribution in [0.3, 0.4) is 0 Å². The Morgan fingerprint density at radius 2 is 1.92 bits per heavy atom. The number of ether oxygens (including phenoxy) is 1. The Hall–Kier alpha value is -2.54. The topological polar surface area (TPSA) is 84.5 Å². The maximum atomic E-state index is 12.5. The van der Waals surface area contributed by atoms with Gasteiger partial charge in [-0.2, -0.15) is 0 Å². The first-order chi connectivity index (χ1) is 11.5. The molecule has 1 aliphatic rings. The molecule has 2 aromatic rings. The molecule has 6 nitrogen and oxygen atoms in total. The smallest absolute Gasteiger partial charge is 0.261 e. The number of sulfonamides is 1. The third-order valence-corrected chi connectivity index (χ3v) is 4.97. The van der Waals surface area contributed by atoms with E-state index < -0.39 is 10.0 Å². The minimum Gasteiger partial charge on any atom is -0.494 e. The molecule has 0 spiro atoms. The Kier molecular flexibility index (Phi) is 4.44. The second-order valence-corrected chi connectivity index (χ2v) is 7.20. The van der Waals surface area contributed by atoms with Gasteiger partial charge in [0.1, 0.15) is 5.75 Å². The number of hydrogen-bond acceptors (Lipinski definition) is 4. The fourth-order valence-corrected chi connectivity index (χ4v) is 3.53. The Labute approximate surface area is 140 Å². The minimum absolute atomic E-state index is 0.129. The lowest BCUT2D eigenvalue weighted by Crippen LogP contribution is -2.13. The number of fused-ring (bicyclic) bond motifs is 1. The van der Waals surface area contributed by atoms with Gasteiger partial charge in [-0.3, -0.25) is 9.52 Å². The molecule has 0 fully saturated rings. The lowest BCUT2D eigenvalue weighted by molar-refractivity contribution is -0.115. The number of benzene rings is 2. The maximum Gasteiger partial charge on any atom is 0.261 e. The Bertz CT molecular complexity index is 861. The van der Waals surface area contributed by atoms with E-state index in [0.717, 1.165) is 6.42 Å². The van der Waals surface area contributed by atoms with Crippen molar-refractivity contribution in [2.24, 2.45) is 0 Å². The fourth-order valence-electron chi connectivity index (χ4n) is 2.43. The summed E-state index contributed by atoms with van der Waals surface area (Å²) in [6.45, 7) is 2.63. The summed E-state index contributed by atoms with van der Waals surface area (Å²) in [4.78, 5) is 11.5. The number of carbonyl (C=O) groups excluding carboxylic acids is 1. The molecule has 7 heteroatoms. The lowest BCUT2D eigenvalue weighted by Gasteiger charge is -2.10. The number of anilines is 2. The molecule has 0 saturated carbocycles. The predicted molar refractivity (Wildman–Crippen MR) is 91.8 cm³/mol. The van der Waals surface area contributed by atoms with Gasteiger partial charge in [-0.25, -0.2) is 8.42 Å². The van der Waals surface area contributed by atoms with Gasteiger partial charge in [0.25, 0.3) is 10.0 Å². The van der Waals surface area contributed by atoms with Crippen LogP contribution in [-0.2, 0) is 21.2 Å². The van der Waals surface area contributed by atoms with Crippen molar-refractivity contribution in [2.45, 2.75) is 24.7 Å². The molecule has 2 aromatic carbocycles. The summed E-state index contributed by atoms with van der Waals surface area (Å²) in [5, 5.41) is 2.68. The van der Waals surface area contributed by atoms with E-state index in [1.807, 2.05) is 6.92 Å². The number of amides is 1. The molecule has 0 unspecified atom stereocenters. The molecule has 0 aliphatic carbocycles.